The molecule has 62 valence electrons. The molecule has 0 aromatic carbocycles. The van der Waals surface area contributed by atoms with Gasteiger partial charge in [0.25, 0.3) is 0 Å². The van der Waals surface area contributed by atoms with Crippen LogP contribution in [0.3, 0.4) is 0 Å². The number of hydrogen-bond acceptors (Lipinski definition) is 3. The van der Waals surface area contributed by atoms with Crippen LogP contribution in [0.1, 0.15) is 0 Å². The number of aromatic nitrogens is 2. The van der Waals surface area contributed by atoms with Gasteiger partial charge in [0.1, 0.15) is 0 Å². The van der Waals surface area contributed by atoms with E-state index in [0.29, 0.717) is 10.6 Å². The zero-order chi connectivity index (χ0) is 8.55. The Morgan fingerprint density at radius 1 is 1.50 bits per heavy atom. The maximum absolute atomic E-state index is 8.98. The predicted octanol–water partition coefficient (Wildman–Crippen LogP) is 1.93. The molecule has 0 aliphatic heterocycles. The summed E-state index contributed by atoms with van der Waals surface area (Å²) in [5.74, 6) is 0.671. The number of hydrogen-bond donors (Lipinski definition) is 1. The van der Waals surface area contributed by atoms with Crippen molar-refractivity contribution in [3.05, 3.63) is 29.2 Å². The first-order valence-electron chi connectivity index (χ1n) is 3.25. The van der Waals surface area contributed by atoms with Gasteiger partial charge in [0, 0.05) is 6.07 Å². The topological polar surface area (TPSA) is 51.2 Å². The minimum Gasteiger partial charge on any atom is -0.505 e. The van der Waals surface area contributed by atoms with Crippen LogP contribution >= 0.6 is 15.9 Å². The van der Waals surface area contributed by atoms with E-state index in [1.807, 2.05) is 0 Å². The van der Waals surface area contributed by atoms with Crippen LogP contribution < -0.4 is 0 Å². The van der Waals surface area contributed by atoms with Crippen LogP contribution in [0.4, 0.5) is 0 Å². The van der Waals surface area contributed by atoms with Crippen LogP contribution in [0.2, 0.25) is 0 Å². The third-order valence-corrected chi connectivity index (χ3v) is 1.78. The van der Waals surface area contributed by atoms with E-state index >= 15 is 0 Å². The molecule has 0 saturated carbocycles. The standard InChI is InChI=1S/C7H5BrN2O2/c8-6-1-2-7(12-6)10-4-5(11)3-9-10/h1-4,11H. The van der Waals surface area contributed by atoms with Crippen molar-refractivity contribution >= 4 is 15.9 Å². The normalized spacial score (nSPS) is 10.4. The van der Waals surface area contributed by atoms with E-state index < -0.39 is 0 Å². The zero-order valence-electron chi connectivity index (χ0n) is 5.94. The molecular formula is C7H5BrN2O2. The molecular weight excluding hydrogens is 224 g/mol. The fourth-order valence-electron chi connectivity index (χ4n) is 0.862. The summed E-state index contributed by atoms with van der Waals surface area (Å²) in [6, 6.07) is 3.50. The number of aromatic hydroxyl groups is 1. The molecule has 2 aromatic heterocycles. The van der Waals surface area contributed by atoms with Crippen molar-refractivity contribution in [1.29, 1.82) is 0 Å². The van der Waals surface area contributed by atoms with Crippen molar-refractivity contribution in [2.45, 2.75) is 0 Å². The van der Waals surface area contributed by atoms with Gasteiger partial charge in [-0.1, -0.05) is 0 Å². The van der Waals surface area contributed by atoms with Gasteiger partial charge in [-0.05, 0) is 22.0 Å². The first-order chi connectivity index (χ1) is 5.75. The van der Waals surface area contributed by atoms with Gasteiger partial charge in [-0.3, -0.25) is 0 Å². The molecule has 2 aromatic rings. The highest BCUT2D eigenvalue weighted by molar-refractivity contribution is 9.10. The summed E-state index contributed by atoms with van der Waals surface area (Å²) in [7, 11) is 0. The van der Waals surface area contributed by atoms with Crippen molar-refractivity contribution in [2.75, 3.05) is 0 Å². The van der Waals surface area contributed by atoms with Gasteiger partial charge in [0.05, 0.1) is 12.4 Å². The van der Waals surface area contributed by atoms with Crippen molar-refractivity contribution in [1.82, 2.24) is 9.78 Å². The molecule has 0 spiro atoms. The van der Waals surface area contributed by atoms with E-state index in [1.54, 1.807) is 12.1 Å². The lowest BCUT2D eigenvalue weighted by Crippen LogP contribution is -1.89. The molecule has 0 radical (unpaired) electrons. The summed E-state index contributed by atoms with van der Waals surface area (Å²) in [5, 5.41) is 12.8. The van der Waals surface area contributed by atoms with E-state index in [2.05, 4.69) is 21.0 Å². The second-order valence-corrected chi connectivity index (χ2v) is 3.00. The smallest absolute Gasteiger partial charge is 0.221 e. The summed E-state index contributed by atoms with van der Waals surface area (Å²) in [5.41, 5.74) is 0. The van der Waals surface area contributed by atoms with Gasteiger partial charge in [-0.25, -0.2) is 4.68 Å². The van der Waals surface area contributed by atoms with Crippen LogP contribution in [0.25, 0.3) is 5.88 Å². The average Bonchev–Trinajstić information content (AvgIpc) is 2.58. The Morgan fingerprint density at radius 2 is 2.33 bits per heavy atom. The molecule has 2 rings (SSSR count). The van der Waals surface area contributed by atoms with Gasteiger partial charge in [0.2, 0.25) is 5.88 Å². The van der Waals surface area contributed by atoms with Gasteiger partial charge >= 0.3 is 0 Å². The largest absolute Gasteiger partial charge is 0.505 e. The molecule has 2 heterocycles. The molecule has 0 saturated heterocycles. The molecule has 5 heteroatoms. The molecule has 0 fully saturated rings. The minimum absolute atomic E-state index is 0.113. The summed E-state index contributed by atoms with van der Waals surface area (Å²) in [4.78, 5) is 0. The SMILES string of the molecule is Oc1cnn(-c2ccc(Br)o2)c1. The van der Waals surface area contributed by atoms with E-state index in [9.17, 15) is 0 Å². The number of halogens is 1. The molecule has 0 bridgehead atoms. The highest BCUT2D eigenvalue weighted by atomic mass is 79.9. The molecule has 0 unspecified atom stereocenters. The number of nitrogens with zero attached hydrogens (tertiary/aromatic N) is 2. The number of furan rings is 1. The second kappa shape index (κ2) is 2.67. The van der Waals surface area contributed by atoms with E-state index in [1.165, 1.54) is 17.1 Å². The Hall–Kier alpha value is -1.23. The van der Waals surface area contributed by atoms with Crippen LogP contribution in [0, 0.1) is 0 Å². The van der Waals surface area contributed by atoms with Crippen LogP contribution in [0.5, 0.6) is 5.75 Å². The molecule has 0 aliphatic rings. The van der Waals surface area contributed by atoms with Gasteiger partial charge in [-0.15, -0.1) is 0 Å². The van der Waals surface area contributed by atoms with Gasteiger partial charge < -0.3 is 9.52 Å². The zero-order valence-corrected chi connectivity index (χ0v) is 7.52. The van der Waals surface area contributed by atoms with Crippen molar-refractivity contribution < 1.29 is 9.52 Å². The monoisotopic (exact) mass is 228 g/mol. The van der Waals surface area contributed by atoms with Crippen LogP contribution in [-0.2, 0) is 0 Å². The first-order valence-corrected chi connectivity index (χ1v) is 4.04. The second-order valence-electron chi connectivity index (χ2n) is 2.22. The predicted molar refractivity (Wildman–Crippen MR) is 45.2 cm³/mol. The van der Waals surface area contributed by atoms with Crippen molar-refractivity contribution in [3.8, 4) is 11.6 Å². The molecule has 12 heavy (non-hydrogen) atoms. The molecule has 0 aliphatic carbocycles. The lowest BCUT2D eigenvalue weighted by Gasteiger charge is -1.91. The summed E-state index contributed by atoms with van der Waals surface area (Å²) < 4.78 is 7.27. The lowest BCUT2D eigenvalue weighted by molar-refractivity contribution is 0.472. The Labute approximate surface area is 76.6 Å². The third kappa shape index (κ3) is 1.23. The maximum Gasteiger partial charge on any atom is 0.221 e. The summed E-state index contributed by atoms with van der Waals surface area (Å²) >= 11 is 3.17. The first kappa shape index (κ1) is 7.42. The quantitative estimate of drug-likeness (QED) is 0.812. The minimum atomic E-state index is 0.113. The van der Waals surface area contributed by atoms with Crippen LogP contribution in [-0.4, -0.2) is 14.9 Å². The highest BCUT2D eigenvalue weighted by Gasteiger charge is 2.02. The molecule has 1 N–H and O–H groups in total. The average molecular weight is 229 g/mol. The summed E-state index contributed by atoms with van der Waals surface area (Å²) in [6.07, 6.45) is 2.81. The van der Waals surface area contributed by atoms with Crippen LogP contribution in [0.15, 0.2) is 33.6 Å². The highest BCUT2D eigenvalue weighted by Crippen LogP contribution is 2.18. The fourth-order valence-corrected chi connectivity index (χ4v) is 1.16. The third-order valence-electron chi connectivity index (χ3n) is 1.35. The molecule has 0 amide bonds. The van der Waals surface area contributed by atoms with Gasteiger partial charge in [0.15, 0.2) is 10.4 Å². The Balaban J connectivity index is 2.43. The van der Waals surface area contributed by atoms with E-state index in [-0.39, 0.29) is 5.75 Å². The fraction of sp³-hybridized carbons (Fsp3) is 0. The van der Waals surface area contributed by atoms with Crippen molar-refractivity contribution in [3.63, 3.8) is 0 Å². The van der Waals surface area contributed by atoms with E-state index in [0.717, 1.165) is 0 Å². The molecule has 0 atom stereocenters. The maximum atomic E-state index is 8.98. The van der Waals surface area contributed by atoms with Gasteiger partial charge in [-0.2, -0.15) is 5.10 Å². The van der Waals surface area contributed by atoms with E-state index in [4.69, 9.17) is 9.52 Å². The Kier molecular flexibility index (Phi) is 1.65. The Bertz CT molecular complexity index is 355. The Morgan fingerprint density at radius 3 is 2.83 bits per heavy atom. The molecule has 4 nitrogen and oxygen atoms in total. The van der Waals surface area contributed by atoms with Crippen molar-refractivity contribution in [2.24, 2.45) is 0 Å². The lowest BCUT2D eigenvalue weighted by atomic mass is 10.6. The number of rotatable bonds is 1. The summed E-state index contributed by atoms with van der Waals surface area (Å²) in [6.45, 7) is 0.